The van der Waals surface area contributed by atoms with Gasteiger partial charge in [-0.25, -0.2) is 4.79 Å². The molecular formula is C23H25N5O3S. The number of benzene rings is 2. The molecule has 4 rings (SSSR count). The van der Waals surface area contributed by atoms with E-state index in [-0.39, 0.29) is 17.9 Å². The average Bonchev–Trinajstić information content (AvgIpc) is 3.31. The monoisotopic (exact) mass is 451 g/mol. The van der Waals surface area contributed by atoms with E-state index in [1.807, 2.05) is 55.5 Å². The lowest BCUT2D eigenvalue weighted by molar-refractivity contribution is 0.102. The molecule has 0 bridgehead atoms. The van der Waals surface area contributed by atoms with Crippen molar-refractivity contribution in [2.24, 2.45) is 0 Å². The normalized spacial score (nSPS) is 15.8. The number of methoxy groups -OCH3 is 1. The van der Waals surface area contributed by atoms with Crippen LogP contribution in [0.25, 0.3) is 0 Å². The molecule has 8 nitrogen and oxygen atoms in total. The first-order chi connectivity index (χ1) is 15.5. The van der Waals surface area contributed by atoms with Crippen LogP contribution in [0.2, 0.25) is 0 Å². The second kappa shape index (κ2) is 9.78. The molecule has 32 heavy (non-hydrogen) atoms. The van der Waals surface area contributed by atoms with Gasteiger partial charge in [-0.05, 0) is 49.6 Å². The molecule has 1 aliphatic heterocycles. The predicted molar refractivity (Wildman–Crippen MR) is 125 cm³/mol. The Morgan fingerprint density at radius 1 is 1.12 bits per heavy atom. The van der Waals surface area contributed by atoms with Crippen molar-refractivity contribution in [3.8, 4) is 5.75 Å². The van der Waals surface area contributed by atoms with E-state index in [1.54, 1.807) is 12.0 Å². The quantitative estimate of drug-likeness (QED) is 0.595. The molecular weight excluding hydrogens is 426 g/mol. The number of amides is 3. The Labute approximate surface area is 190 Å². The van der Waals surface area contributed by atoms with Crippen LogP contribution in [0.1, 0.15) is 39.1 Å². The minimum atomic E-state index is -0.281. The maximum Gasteiger partial charge on any atom is 0.321 e. The lowest BCUT2D eigenvalue weighted by Gasteiger charge is -2.31. The number of carbonyl (C=O) groups is 2. The second-order valence-corrected chi connectivity index (χ2v) is 8.69. The molecule has 0 saturated carbocycles. The van der Waals surface area contributed by atoms with E-state index in [2.05, 4.69) is 20.8 Å². The van der Waals surface area contributed by atoms with Crippen LogP contribution < -0.4 is 15.4 Å². The van der Waals surface area contributed by atoms with E-state index in [9.17, 15) is 9.59 Å². The lowest BCUT2D eigenvalue weighted by atomic mass is 9.99. The third kappa shape index (κ3) is 5.05. The third-order valence-corrected chi connectivity index (χ3v) is 6.41. The Balaban J connectivity index is 1.40. The van der Waals surface area contributed by atoms with Crippen molar-refractivity contribution in [1.82, 2.24) is 15.1 Å². The van der Waals surface area contributed by atoms with Crippen molar-refractivity contribution in [3.05, 3.63) is 64.1 Å². The highest BCUT2D eigenvalue weighted by Crippen LogP contribution is 2.31. The Morgan fingerprint density at radius 3 is 2.72 bits per heavy atom. The number of para-hydroxylation sites is 1. The number of carbonyl (C=O) groups excluding carboxylic acids is 2. The van der Waals surface area contributed by atoms with Gasteiger partial charge in [-0.15, -0.1) is 10.2 Å². The van der Waals surface area contributed by atoms with Crippen molar-refractivity contribution < 1.29 is 14.3 Å². The molecule has 2 aromatic carbocycles. The number of likely N-dealkylation sites (tertiary alicyclic amines) is 1. The molecule has 1 fully saturated rings. The number of aromatic nitrogens is 2. The van der Waals surface area contributed by atoms with Crippen LogP contribution in [0, 0.1) is 6.92 Å². The summed E-state index contributed by atoms with van der Waals surface area (Å²) in [4.78, 5) is 27.2. The summed E-state index contributed by atoms with van der Waals surface area (Å²) < 4.78 is 5.36. The topological polar surface area (TPSA) is 96.4 Å². The van der Waals surface area contributed by atoms with Crippen molar-refractivity contribution in [2.45, 2.75) is 25.7 Å². The summed E-state index contributed by atoms with van der Waals surface area (Å²) >= 11 is 1.28. The summed E-state index contributed by atoms with van der Waals surface area (Å²) in [6, 6.07) is 14.7. The highest BCUT2D eigenvalue weighted by atomic mass is 32.1. The van der Waals surface area contributed by atoms with Gasteiger partial charge in [-0.3, -0.25) is 4.79 Å². The van der Waals surface area contributed by atoms with Gasteiger partial charge in [0.05, 0.1) is 12.8 Å². The molecule has 0 radical (unpaired) electrons. The maximum atomic E-state index is 12.9. The number of ether oxygens (including phenoxy) is 1. The van der Waals surface area contributed by atoms with Gasteiger partial charge in [0.2, 0.25) is 5.01 Å². The van der Waals surface area contributed by atoms with E-state index >= 15 is 0 Å². The van der Waals surface area contributed by atoms with Crippen LogP contribution in [-0.4, -0.2) is 47.2 Å². The largest absolute Gasteiger partial charge is 0.495 e. The second-order valence-electron chi connectivity index (χ2n) is 7.68. The SMILES string of the molecule is COc1ccc(C)cc1NC(=O)N1CCC[C@@H](c2nnc(C(=O)Nc3ccccc3)s2)C1. The summed E-state index contributed by atoms with van der Waals surface area (Å²) in [5.74, 6) is 0.386. The molecule has 3 amide bonds. The number of urea groups is 1. The van der Waals surface area contributed by atoms with Crippen LogP contribution in [-0.2, 0) is 0 Å². The number of nitrogens with one attached hydrogen (secondary N) is 2. The molecule has 9 heteroatoms. The van der Waals surface area contributed by atoms with Gasteiger partial charge in [0.15, 0.2) is 0 Å². The number of rotatable bonds is 5. The summed E-state index contributed by atoms with van der Waals surface area (Å²) in [5, 5.41) is 15.2. The molecule has 0 aliphatic carbocycles. The molecule has 0 spiro atoms. The Bertz CT molecular complexity index is 1100. The van der Waals surface area contributed by atoms with Crippen molar-refractivity contribution in [3.63, 3.8) is 0 Å². The molecule has 1 saturated heterocycles. The number of hydrogen-bond donors (Lipinski definition) is 2. The van der Waals surface area contributed by atoms with Gasteiger partial charge in [-0.2, -0.15) is 0 Å². The number of nitrogens with zero attached hydrogens (tertiary/aromatic N) is 3. The van der Waals surface area contributed by atoms with Crippen LogP contribution in [0.4, 0.5) is 16.2 Å². The van der Waals surface area contributed by atoms with E-state index in [1.165, 1.54) is 11.3 Å². The fourth-order valence-corrected chi connectivity index (χ4v) is 4.54. The highest BCUT2D eigenvalue weighted by Gasteiger charge is 2.28. The molecule has 166 valence electrons. The first-order valence-electron chi connectivity index (χ1n) is 10.4. The van der Waals surface area contributed by atoms with Crippen LogP contribution in [0.15, 0.2) is 48.5 Å². The van der Waals surface area contributed by atoms with Crippen LogP contribution in [0.5, 0.6) is 5.75 Å². The van der Waals surface area contributed by atoms with Gasteiger partial charge >= 0.3 is 6.03 Å². The van der Waals surface area contributed by atoms with Gasteiger partial charge in [0.25, 0.3) is 5.91 Å². The fraction of sp³-hybridized carbons (Fsp3) is 0.304. The minimum Gasteiger partial charge on any atom is -0.495 e. The van der Waals surface area contributed by atoms with Gasteiger partial charge in [0, 0.05) is 24.7 Å². The zero-order valence-electron chi connectivity index (χ0n) is 18.0. The standard InChI is InChI=1S/C23H25N5O3S/c1-15-10-11-19(31-2)18(13-15)25-23(30)28-12-6-7-16(14-28)21-26-27-22(32-21)20(29)24-17-8-4-3-5-9-17/h3-5,8-11,13,16H,6-7,12,14H2,1-2H3,(H,24,29)(H,25,30)/t16-/m1/s1. The van der Waals surface area contributed by atoms with E-state index < -0.39 is 0 Å². The van der Waals surface area contributed by atoms with E-state index in [4.69, 9.17) is 4.74 Å². The lowest BCUT2D eigenvalue weighted by Crippen LogP contribution is -2.41. The summed E-state index contributed by atoms with van der Waals surface area (Å²) in [6.07, 6.45) is 1.75. The van der Waals surface area contributed by atoms with Gasteiger partial charge in [-0.1, -0.05) is 35.6 Å². The number of anilines is 2. The van der Waals surface area contributed by atoms with E-state index in [0.29, 0.717) is 35.2 Å². The van der Waals surface area contributed by atoms with E-state index in [0.717, 1.165) is 23.4 Å². The van der Waals surface area contributed by atoms with Crippen molar-refractivity contribution >= 4 is 34.6 Å². The molecule has 1 aliphatic rings. The molecule has 0 unspecified atom stereocenters. The Hall–Kier alpha value is -3.46. The fourth-order valence-electron chi connectivity index (χ4n) is 3.67. The first kappa shape index (κ1) is 21.8. The van der Waals surface area contributed by atoms with Crippen molar-refractivity contribution in [1.29, 1.82) is 0 Å². The number of aryl methyl sites for hydroxylation is 1. The number of piperidine rings is 1. The summed E-state index contributed by atoms with van der Waals surface area (Å²) in [5.41, 5.74) is 2.39. The molecule has 2 heterocycles. The van der Waals surface area contributed by atoms with Gasteiger partial charge in [0.1, 0.15) is 10.8 Å². The molecule has 3 aromatic rings. The average molecular weight is 452 g/mol. The summed E-state index contributed by atoms with van der Waals surface area (Å²) in [6.45, 7) is 3.15. The molecule has 1 aromatic heterocycles. The van der Waals surface area contributed by atoms with Gasteiger partial charge < -0.3 is 20.3 Å². The van der Waals surface area contributed by atoms with Crippen molar-refractivity contribution in [2.75, 3.05) is 30.8 Å². The molecule has 1 atom stereocenters. The zero-order valence-corrected chi connectivity index (χ0v) is 18.8. The Morgan fingerprint density at radius 2 is 1.94 bits per heavy atom. The van der Waals surface area contributed by atoms with Crippen LogP contribution in [0.3, 0.4) is 0 Å². The zero-order chi connectivity index (χ0) is 22.5. The highest BCUT2D eigenvalue weighted by molar-refractivity contribution is 7.13. The number of hydrogen-bond acceptors (Lipinski definition) is 6. The Kier molecular flexibility index (Phi) is 6.65. The predicted octanol–water partition coefficient (Wildman–Crippen LogP) is 4.52. The van der Waals surface area contributed by atoms with Crippen LogP contribution >= 0.6 is 11.3 Å². The maximum absolute atomic E-state index is 12.9. The first-order valence-corrected chi connectivity index (χ1v) is 11.3. The minimum absolute atomic E-state index is 0.0460. The molecule has 2 N–H and O–H groups in total. The smallest absolute Gasteiger partial charge is 0.321 e. The summed E-state index contributed by atoms with van der Waals surface area (Å²) in [7, 11) is 1.58. The third-order valence-electron chi connectivity index (χ3n) is 5.32.